The number of nitrogens with two attached hydrogens (primary N) is 1. The number of nitrogen functional groups attached to an aromatic ring is 1. The highest BCUT2D eigenvalue weighted by atomic mass is 14.5. The van der Waals surface area contributed by atoms with Crippen molar-refractivity contribution in [3.63, 3.8) is 0 Å². The van der Waals surface area contributed by atoms with E-state index in [0.717, 1.165) is 16.8 Å². The lowest BCUT2D eigenvalue weighted by atomic mass is 10.1. The molecule has 1 heteroatoms. The summed E-state index contributed by atoms with van der Waals surface area (Å²) in [4.78, 5) is 0. The Hall–Kier alpha value is -1.68. The van der Waals surface area contributed by atoms with Crippen LogP contribution in [-0.4, -0.2) is 0 Å². The minimum atomic E-state index is 0.757. The first-order chi connectivity index (χ1) is 5.77. The highest BCUT2D eigenvalue weighted by Crippen LogP contribution is 2.14. The zero-order valence-electron chi connectivity index (χ0n) is 7.04. The van der Waals surface area contributed by atoms with Gasteiger partial charge in [-0.15, -0.1) is 6.42 Å². The van der Waals surface area contributed by atoms with Crippen LogP contribution in [-0.2, 0) is 0 Å². The maximum atomic E-state index is 5.71. The van der Waals surface area contributed by atoms with Crippen LogP contribution in [0.2, 0.25) is 0 Å². The van der Waals surface area contributed by atoms with E-state index in [-0.39, 0.29) is 0 Å². The van der Waals surface area contributed by atoms with Gasteiger partial charge in [-0.3, -0.25) is 0 Å². The molecule has 0 aliphatic rings. The molecule has 1 rings (SSSR count). The molecule has 0 heterocycles. The minimum absolute atomic E-state index is 0.757. The van der Waals surface area contributed by atoms with Gasteiger partial charge in [0.05, 0.1) is 0 Å². The van der Waals surface area contributed by atoms with E-state index < -0.39 is 0 Å². The Labute approximate surface area is 72.9 Å². The zero-order chi connectivity index (χ0) is 8.97. The molecule has 0 saturated heterocycles. The zero-order valence-corrected chi connectivity index (χ0v) is 7.04. The van der Waals surface area contributed by atoms with Crippen LogP contribution >= 0.6 is 0 Å². The summed E-state index contributed by atoms with van der Waals surface area (Å²) >= 11 is 0. The molecular formula is C11H11N. The molecular weight excluding hydrogens is 146 g/mol. The molecule has 0 radical (unpaired) electrons. The molecule has 1 aromatic rings. The largest absolute Gasteiger partial charge is 0.398 e. The van der Waals surface area contributed by atoms with Crippen LogP contribution in [0.15, 0.2) is 24.3 Å². The number of terminal acetylenes is 1. The molecule has 12 heavy (non-hydrogen) atoms. The molecule has 1 nitrogen and oxygen atoms in total. The Morgan fingerprint density at radius 1 is 1.50 bits per heavy atom. The molecule has 0 aliphatic carbocycles. The Morgan fingerprint density at radius 2 is 2.25 bits per heavy atom. The van der Waals surface area contributed by atoms with Crippen LogP contribution in [0, 0.1) is 12.3 Å². The second-order valence-electron chi connectivity index (χ2n) is 2.49. The molecule has 0 saturated carbocycles. The quantitative estimate of drug-likeness (QED) is 0.491. The molecule has 0 atom stereocenters. The van der Waals surface area contributed by atoms with Crippen molar-refractivity contribution in [3.8, 4) is 12.3 Å². The fraction of sp³-hybridized carbons (Fsp3) is 0.0909. The SMILES string of the molecule is C#Cc1ccc(N)c(/C=C\C)c1. The molecule has 0 unspecified atom stereocenters. The lowest BCUT2D eigenvalue weighted by Crippen LogP contribution is -1.89. The highest BCUT2D eigenvalue weighted by molar-refractivity contribution is 5.66. The fourth-order valence-corrected chi connectivity index (χ4v) is 0.988. The maximum absolute atomic E-state index is 5.71. The van der Waals surface area contributed by atoms with Gasteiger partial charge in [0, 0.05) is 11.3 Å². The van der Waals surface area contributed by atoms with Crippen molar-refractivity contribution in [2.45, 2.75) is 6.92 Å². The van der Waals surface area contributed by atoms with Crippen LogP contribution in [0.5, 0.6) is 0 Å². The average Bonchev–Trinajstić information content (AvgIpc) is 2.09. The van der Waals surface area contributed by atoms with Gasteiger partial charge < -0.3 is 5.73 Å². The number of anilines is 1. The molecule has 0 fully saturated rings. The van der Waals surface area contributed by atoms with E-state index in [1.165, 1.54) is 0 Å². The van der Waals surface area contributed by atoms with Crippen molar-refractivity contribution < 1.29 is 0 Å². The first kappa shape index (κ1) is 8.42. The number of rotatable bonds is 1. The van der Waals surface area contributed by atoms with Gasteiger partial charge in [0.2, 0.25) is 0 Å². The number of benzene rings is 1. The van der Waals surface area contributed by atoms with Crippen molar-refractivity contribution in [2.24, 2.45) is 0 Å². The molecule has 0 bridgehead atoms. The number of hydrogen-bond acceptors (Lipinski definition) is 1. The topological polar surface area (TPSA) is 26.0 Å². The second-order valence-corrected chi connectivity index (χ2v) is 2.49. The Balaban J connectivity index is 3.19. The van der Waals surface area contributed by atoms with Crippen LogP contribution in [0.25, 0.3) is 6.08 Å². The second kappa shape index (κ2) is 3.64. The van der Waals surface area contributed by atoms with Crippen LogP contribution in [0.4, 0.5) is 5.69 Å². The molecule has 0 spiro atoms. The van der Waals surface area contributed by atoms with E-state index in [9.17, 15) is 0 Å². The third-order valence-corrected chi connectivity index (χ3v) is 1.60. The van der Waals surface area contributed by atoms with Crippen LogP contribution in [0.1, 0.15) is 18.1 Å². The van der Waals surface area contributed by atoms with E-state index in [4.69, 9.17) is 12.2 Å². The van der Waals surface area contributed by atoms with Crippen LogP contribution < -0.4 is 5.73 Å². The van der Waals surface area contributed by atoms with Gasteiger partial charge in [-0.25, -0.2) is 0 Å². The standard InChI is InChI=1S/C11H11N/c1-3-5-10-8-9(4-2)6-7-11(10)12/h2-3,5-8H,12H2,1H3/b5-3-. The van der Waals surface area contributed by atoms with Gasteiger partial charge in [-0.2, -0.15) is 0 Å². The van der Waals surface area contributed by atoms with Crippen molar-refractivity contribution >= 4 is 11.8 Å². The van der Waals surface area contributed by atoms with E-state index in [1.54, 1.807) is 0 Å². The van der Waals surface area contributed by atoms with Gasteiger partial charge in [0.15, 0.2) is 0 Å². The lowest BCUT2D eigenvalue weighted by Gasteiger charge is -1.99. The monoisotopic (exact) mass is 157 g/mol. The van der Waals surface area contributed by atoms with Gasteiger partial charge in [0.1, 0.15) is 0 Å². The average molecular weight is 157 g/mol. The van der Waals surface area contributed by atoms with Crippen molar-refractivity contribution in [1.29, 1.82) is 0 Å². The summed E-state index contributed by atoms with van der Waals surface area (Å²) in [6, 6.07) is 5.56. The molecule has 1 aromatic carbocycles. The first-order valence-corrected chi connectivity index (χ1v) is 3.76. The summed E-state index contributed by atoms with van der Waals surface area (Å²) < 4.78 is 0. The Kier molecular flexibility index (Phi) is 2.55. The summed E-state index contributed by atoms with van der Waals surface area (Å²) in [7, 11) is 0. The van der Waals surface area contributed by atoms with E-state index in [0.29, 0.717) is 0 Å². The summed E-state index contributed by atoms with van der Waals surface area (Å²) in [5.74, 6) is 2.56. The highest BCUT2D eigenvalue weighted by Gasteiger charge is 1.94. The summed E-state index contributed by atoms with van der Waals surface area (Å²) in [5.41, 5.74) is 8.31. The van der Waals surface area contributed by atoms with Gasteiger partial charge in [-0.05, 0) is 30.7 Å². The van der Waals surface area contributed by atoms with E-state index >= 15 is 0 Å². The molecule has 0 aromatic heterocycles. The van der Waals surface area contributed by atoms with E-state index in [2.05, 4.69) is 5.92 Å². The van der Waals surface area contributed by atoms with Crippen molar-refractivity contribution in [1.82, 2.24) is 0 Å². The number of hydrogen-bond donors (Lipinski definition) is 1. The number of allylic oxidation sites excluding steroid dienone is 1. The third-order valence-electron chi connectivity index (χ3n) is 1.60. The third kappa shape index (κ3) is 1.67. The smallest absolute Gasteiger partial charge is 0.0388 e. The van der Waals surface area contributed by atoms with E-state index in [1.807, 2.05) is 37.3 Å². The maximum Gasteiger partial charge on any atom is 0.0388 e. The predicted molar refractivity (Wildman–Crippen MR) is 53.5 cm³/mol. The predicted octanol–water partition coefficient (Wildman–Crippen LogP) is 2.28. The molecule has 0 amide bonds. The van der Waals surface area contributed by atoms with Crippen LogP contribution in [0.3, 0.4) is 0 Å². The lowest BCUT2D eigenvalue weighted by molar-refractivity contribution is 1.59. The molecule has 2 N–H and O–H groups in total. The summed E-state index contributed by atoms with van der Waals surface area (Å²) in [6.07, 6.45) is 9.13. The minimum Gasteiger partial charge on any atom is -0.398 e. The summed E-state index contributed by atoms with van der Waals surface area (Å²) in [5, 5.41) is 0. The van der Waals surface area contributed by atoms with Gasteiger partial charge in [0.25, 0.3) is 0 Å². The van der Waals surface area contributed by atoms with Gasteiger partial charge in [-0.1, -0.05) is 18.1 Å². The van der Waals surface area contributed by atoms with Gasteiger partial charge >= 0.3 is 0 Å². The molecule has 60 valence electrons. The first-order valence-electron chi connectivity index (χ1n) is 3.76. The van der Waals surface area contributed by atoms with Crippen molar-refractivity contribution in [2.75, 3.05) is 5.73 Å². The Bertz CT molecular complexity index is 343. The fourth-order valence-electron chi connectivity index (χ4n) is 0.988. The summed E-state index contributed by atoms with van der Waals surface area (Å²) in [6.45, 7) is 1.95. The molecule has 0 aliphatic heterocycles. The Morgan fingerprint density at radius 3 is 2.83 bits per heavy atom. The van der Waals surface area contributed by atoms with Crippen molar-refractivity contribution in [3.05, 3.63) is 35.4 Å². The normalized spacial score (nSPS) is 10.0.